The average molecular weight is 634 g/mol. The Morgan fingerprint density at radius 1 is 0.936 bits per heavy atom. The van der Waals surface area contributed by atoms with Crippen LogP contribution in [0.2, 0.25) is 0 Å². The molecule has 4 aromatic rings. The van der Waals surface area contributed by atoms with E-state index in [-0.39, 0.29) is 36.6 Å². The second-order valence-corrected chi connectivity index (χ2v) is 11.9. The lowest BCUT2D eigenvalue weighted by Crippen LogP contribution is -2.53. The lowest BCUT2D eigenvalue weighted by molar-refractivity contribution is -0.134. The number of piperidine rings is 1. The van der Waals surface area contributed by atoms with E-state index in [4.69, 9.17) is 5.26 Å². The molecule has 3 aliphatic heterocycles. The minimum absolute atomic E-state index is 0.148. The van der Waals surface area contributed by atoms with Crippen LogP contribution in [0.3, 0.4) is 0 Å². The largest absolute Gasteiger partial charge is 0.513 e. The van der Waals surface area contributed by atoms with Crippen LogP contribution in [-0.4, -0.2) is 59.9 Å². The zero-order valence-corrected chi connectivity index (χ0v) is 25.2. The van der Waals surface area contributed by atoms with Crippen LogP contribution in [-0.2, 0) is 16.0 Å². The number of nitrogens with one attached hydrogen (secondary N) is 1. The molecule has 2 fully saturated rings. The highest BCUT2D eigenvalue weighted by molar-refractivity contribution is 6.27. The highest BCUT2D eigenvalue weighted by Crippen LogP contribution is 2.41. The second-order valence-electron chi connectivity index (χ2n) is 11.9. The van der Waals surface area contributed by atoms with Crippen LogP contribution in [0.15, 0.2) is 73.0 Å². The number of aliphatic hydroxyl groups excluding tert-OH is 1. The number of carbonyl (C=O) groups excluding carboxylic acids is 3. The number of carbonyl (C=O) groups is 3. The highest BCUT2D eigenvalue weighted by Gasteiger charge is 2.40. The van der Waals surface area contributed by atoms with Crippen LogP contribution < -0.4 is 15.1 Å². The molecule has 4 aromatic carbocycles. The van der Waals surface area contributed by atoms with Gasteiger partial charge in [0.25, 0.3) is 5.91 Å². The average Bonchev–Trinajstić information content (AvgIpc) is 3.36. The molecule has 3 heterocycles. The van der Waals surface area contributed by atoms with E-state index in [0.717, 1.165) is 17.2 Å². The van der Waals surface area contributed by atoms with E-state index in [2.05, 4.69) is 5.32 Å². The molecule has 0 unspecified atom stereocenters. The summed E-state index contributed by atoms with van der Waals surface area (Å²) in [7, 11) is 0. The molecule has 0 saturated carbocycles. The molecule has 0 spiro atoms. The van der Waals surface area contributed by atoms with Crippen molar-refractivity contribution >= 4 is 45.6 Å². The van der Waals surface area contributed by atoms with Gasteiger partial charge >= 0.3 is 0 Å². The van der Waals surface area contributed by atoms with Crippen molar-refractivity contribution in [2.75, 3.05) is 36.0 Å². The van der Waals surface area contributed by atoms with Crippen LogP contribution in [0, 0.1) is 23.0 Å². The van der Waals surface area contributed by atoms with Gasteiger partial charge in [0.15, 0.2) is 0 Å². The van der Waals surface area contributed by atoms with Crippen molar-refractivity contribution in [3.8, 4) is 6.07 Å². The second kappa shape index (κ2) is 11.9. The molecule has 2 saturated heterocycles. The number of piperazine rings is 1. The number of nitriles is 1. The Bertz CT molecular complexity index is 2050. The van der Waals surface area contributed by atoms with Crippen LogP contribution in [0.1, 0.15) is 45.5 Å². The summed E-state index contributed by atoms with van der Waals surface area (Å²) in [6.45, 7) is 1.86. The predicted molar refractivity (Wildman–Crippen MR) is 172 cm³/mol. The van der Waals surface area contributed by atoms with Gasteiger partial charge in [0.1, 0.15) is 23.9 Å². The first-order valence-corrected chi connectivity index (χ1v) is 15.3. The molecule has 0 aromatic heterocycles. The van der Waals surface area contributed by atoms with E-state index in [9.17, 15) is 23.9 Å². The monoisotopic (exact) mass is 633 g/mol. The van der Waals surface area contributed by atoms with Crippen molar-refractivity contribution < 1.29 is 28.3 Å². The first-order chi connectivity index (χ1) is 22.8. The van der Waals surface area contributed by atoms with Crippen molar-refractivity contribution in [3.63, 3.8) is 0 Å². The van der Waals surface area contributed by atoms with E-state index in [1.165, 1.54) is 17.0 Å². The fraction of sp³-hybridized carbons (Fsp3) is 0.222. The number of amides is 3. The topological polar surface area (TPSA) is 117 Å². The summed E-state index contributed by atoms with van der Waals surface area (Å²) in [6, 6.07) is 19.3. The molecule has 3 amide bonds. The zero-order valence-electron chi connectivity index (χ0n) is 25.2. The molecule has 9 nitrogen and oxygen atoms in total. The molecule has 7 rings (SSSR count). The number of aliphatic hydroxyl groups is 1. The minimum atomic E-state index is -0.791. The maximum atomic E-state index is 15.7. The fourth-order valence-electron chi connectivity index (χ4n) is 6.87. The number of halogens is 2. The highest BCUT2D eigenvalue weighted by atomic mass is 19.1. The van der Waals surface area contributed by atoms with Crippen LogP contribution in [0.25, 0.3) is 16.5 Å². The van der Waals surface area contributed by atoms with Gasteiger partial charge in [0, 0.05) is 55.5 Å². The van der Waals surface area contributed by atoms with Crippen LogP contribution in [0.5, 0.6) is 0 Å². The van der Waals surface area contributed by atoms with Crippen LogP contribution in [0.4, 0.5) is 20.2 Å². The van der Waals surface area contributed by atoms with E-state index in [1.54, 1.807) is 42.5 Å². The van der Waals surface area contributed by atoms with Gasteiger partial charge in [-0.3, -0.25) is 24.6 Å². The maximum absolute atomic E-state index is 15.7. The van der Waals surface area contributed by atoms with Crippen molar-refractivity contribution in [3.05, 3.63) is 112 Å². The number of hydrogen-bond acceptors (Lipinski definition) is 7. The van der Waals surface area contributed by atoms with Crippen molar-refractivity contribution in [1.29, 1.82) is 5.26 Å². The number of hydrogen-bond donors (Lipinski definition) is 2. The smallest absolute Gasteiger partial charge is 0.259 e. The van der Waals surface area contributed by atoms with Crippen molar-refractivity contribution in [1.82, 2.24) is 10.2 Å². The Morgan fingerprint density at radius 3 is 2.40 bits per heavy atom. The Morgan fingerprint density at radius 2 is 1.70 bits per heavy atom. The van der Waals surface area contributed by atoms with Gasteiger partial charge < -0.3 is 14.9 Å². The van der Waals surface area contributed by atoms with Gasteiger partial charge in [-0.25, -0.2) is 8.78 Å². The Balaban J connectivity index is 1.10. The van der Waals surface area contributed by atoms with E-state index in [0.29, 0.717) is 65.3 Å². The van der Waals surface area contributed by atoms with Gasteiger partial charge in [-0.1, -0.05) is 30.3 Å². The molecule has 11 heteroatoms. The first-order valence-electron chi connectivity index (χ1n) is 15.3. The van der Waals surface area contributed by atoms with Gasteiger partial charge in [-0.05, 0) is 59.3 Å². The molecule has 47 heavy (non-hydrogen) atoms. The first kappa shape index (κ1) is 29.9. The van der Waals surface area contributed by atoms with E-state index < -0.39 is 23.6 Å². The maximum Gasteiger partial charge on any atom is 0.259 e. The zero-order chi connectivity index (χ0) is 32.8. The molecule has 0 bridgehead atoms. The minimum Gasteiger partial charge on any atom is -0.513 e. The lowest BCUT2D eigenvalue weighted by Gasteiger charge is -2.38. The Hall–Kier alpha value is -5.76. The summed E-state index contributed by atoms with van der Waals surface area (Å²) in [4.78, 5) is 43.1. The number of imide groups is 1. The third-order valence-electron chi connectivity index (χ3n) is 9.23. The fourth-order valence-corrected chi connectivity index (χ4v) is 6.87. The summed E-state index contributed by atoms with van der Waals surface area (Å²) in [5.41, 5.74) is 3.89. The summed E-state index contributed by atoms with van der Waals surface area (Å²) in [6.07, 6.45) is 1.59. The molecular formula is C36H29F2N5O4. The molecule has 236 valence electrons. The van der Waals surface area contributed by atoms with Crippen molar-refractivity contribution in [2.45, 2.75) is 25.3 Å². The molecule has 1 atom stereocenters. The SMILES string of the molecule is N#Cc1ccc(N2CCN(/C(=C\O)c3ccc(Cc4ccc5c6c(cccc46)C(=O)N5[C@H]4CCC(=O)NC4=O)c(F)c3)CC2)c(F)c1. The third-order valence-corrected chi connectivity index (χ3v) is 9.23. The number of anilines is 2. The standard InChI is InChI=1S/C36H29F2N5O4/c37-27-18-24(32(20-44)42-14-12-41(13-15-42)29-8-4-21(19-39)16-28(29)38)6-5-23(27)17-22-7-9-30-34-25(22)2-1-3-26(34)36(47)43(30)31-10-11-33(45)40-35(31)46/h1-9,16,18,20,31,44H,10-15,17H2,(H,40,45,46)/b32-20-/t31-/m0/s1. The summed E-state index contributed by atoms with van der Waals surface area (Å²) in [5.74, 6) is -2.08. The molecular weight excluding hydrogens is 604 g/mol. The summed E-state index contributed by atoms with van der Waals surface area (Å²) >= 11 is 0. The quantitative estimate of drug-likeness (QED) is 0.226. The summed E-state index contributed by atoms with van der Waals surface area (Å²) < 4.78 is 30.2. The van der Waals surface area contributed by atoms with Crippen LogP contribution >= 0.6 is 0 Å². The number of rotatable bonds is 6. The number of nitrogens with zero attached hydrogens (tertiary/aromatic N) is 4. The van der Waals surface area contributed by atoms with Crippen molar-refractivity contribution in [2.24, 2.45) is 0 Å². The predicted octanol–water partition coefficient (Wildman–Crippen LogP) is 5.02. The number of benzene rings is 4. The van der Waals surface area contributed by atoms with E-state index in [1.807, 2.05) is 28.0 Å². The van der Waals surface area contributed by atoms with E-state index >= 15 is 4.39 Å². The lowest BCUT2D eigenvalue weighted by atomic mass is 9.95. The van der Waals surface area contributed by atoms with Gasteiger partial charge in [-0.2, -0.15) is 5.26 Å². The summed E-state index contributed by atoms with van der Waals surface area (Å²) in [5, 5.41) is 23.0. The Labute approximate surface area is 268 Å². The molecule has 3 aliphatic rings. The van der Waals surface area contributed by atoms with Gasteiger partial charge in [0.2, 0.25) is 11.8 Å². The molecule has 2 N–H and O–H groups in total. The molecule has 0 aliphatic carbocycles. The molecule has 0 radical (unpaired) electrons. The Kier molecular flexibility index (Phi) is 7.56. The third kappa shape index (κ3) is 5.21. The van der Waals surface area contributed by atoms with Gasteiger partial charge in [0.05, 0.1) is 28.7 Å². The van der Waals surface area contributed by atoms with Gasteiger partial charge in [-0.15, -0.1) is 0 Å². The normalized spacial score (nSPS) is 18.1.